The van der Waals surface area contributed by atoms with E-state index in [1.807, 2.05) is 11.8 Å². The molecule has 104 valence electrons. The predicted molar refractivity (Wildman–Crippen MR) is 77.9 cm³/mol. The summed E-state index contributed by atoms with van der Waals surface area (Å²) in [7, 11) is 0. The van der Waals surface area contributed by atoms with Crippen LogP contribution in [0.3, 0.4) is 0 Å². The van der Waals surface area contributed by atoms with Gasteiger partial charge in [-0.2, -0.15) is 11.8 Å². The molecule has 1 saturated carbocycles. The first kappa shape index (κ1) is 14.2. The molecule has 1 aliphatic heterocycles. The van der Waals surface area contributed by atoms with Gasteiger partial charge in [-0.15, -0.1) is 0 Å². The maximum atomic E-state index is 12.0. The Morgan fingerprint density at radius 3 is 3.00 bits per heavy atom. The lowest BCUT2D eigenvalue weighted by Gasteiger charge is -2.23. The van der Waals surface area contributed by atoms with E-state index in [0.29, 0.717) is 12.0 Å². The lowest BCUT2D eigenvalue weighted by atomic mass is 9.96. The van der Waals surface area contributed by atoms with Gasteiger partial charge >= 0.3 is 0 Å². The van der Waals surface area contributed by atoms with Crippen LogP contribution in [0.25, 0.3) is 0 Å². The molecule has 2 aliphatic rings. The fourth-order valence-electron chi connectivity index (χ4n) is 3.11. The Kier molecular flexibility index (Phi) is 5.83. The van der Waals surface area contributed by atoms with E-state index < -0.39 is 0 Å². The highest BCUT2D eigenvalue weighted by Gasteiger charge is 2.26. The van der Waals surface area contributed by atoms with Crippen molar-refractivity contribution in [1.29, 1.82) is 0 Å². The summed E-state index contributed by atoms with van der Waals surface area (Å²) in [6.07, 6.45) is 6.76. The number of hydrogen-bond acceptors (Lipinski definition) is 3. The lowest BCUT2D eigenvalue weighted by molar-refractivity contribution is -0.122. The van der Waals surface area contributed by atoms with Crippen LogP contribution in [0.15, 0.2) is 0 Å². The van der Waals surface area contributed by atoms with Crippen molar-refractivity contribution in [2.75, 3.05) is 18.8 Å². The smallest absolute Gasteiger partial charge is 0.220 e. The molecule has 3 unspecified atom stereocenters. The quantitative estimate of drug-likeness (QED) is 0.804. The molecule has 0 aromatic rings. The molecule has 2 fully saturated rings. The minimum absolute atomic E-state index is 0.274. The summed E-state index contributed by atoms with van der Waals surface area (Å²) in [6.45, 7) is 4.36. The van der Waals surface area contributed by atoms with Crippen molar-refractivity contribution in [2.45, 2.75) is 56.7 Å². The van der Waals surface area contributed by atoms with Gasteiger partial charge < -0.3 is 10.6 Å². The normalized spacial score (nSPS) is 32.4. The second-order valence-electron chi connectivity index (χ2n) is 5.57. The van der Waals surface area contributed by atoms with Gasteiger partial charge in [-0.3, -0.25) is 4.79 Å². The van der Waals surface area contributed by atoms with Gasteiger partial charge in [0.05, 0.1) is 0 Å². The van der Waals surface area contributed by atoms with Crippen LogP contribution in [0.5, 0.6) is 0 Å². The van der Waals surface area contributed by atoms with Crippen molar-refractivity contribution in [3.05, 3.63) is 0 Å². The van der Waals surface area contributed by atoms with E-state index in [2.05, 4.69) is 17.6 Å². The van der Waals surface area contributed by atoms with Crippen LogP contribution in [0.2, 0.25) is 0 Å². The molecule has 2 N–H and O–H groups in total. The van der Waals surface area contributed by atoms with E-state index in [-0.39, 0.29) is 5.91 Å². The number of rotatable bonds is 5. The molecule has 1 saturated heterocycles. The molecule has 1 aliphatic carbocycles. The third-order valence-corrected chi connectivity index (χ3v) is 5.26. The van der Waals surface area contributed by atoms with E-state index in [9.17, 15) is 4.79 Å². The van der Waals surface area contributed by atoms with Crippen molar-refractivity contribution in [1.82, 2.24) is 10.6 Å². The number of hydrogen-bond donors (Lipinski definition) is 2. The molecule has 0 aromatic heterocycles. The van der Waals surface area contributed by atoms with Crippen molar-refractivity contribution in [3.63, 3.8) is 0 Å². The second-order valence-corrected chi connectivity index (χ2v) is 7.15. The van der Waals surface area contributed by atoms with Gasteiger partial charge in [0.25, 0.3) is 0 Å². The topological polar surface area (TPSA) is 41.1 Å². The van der Waals surface area contributed by atoms with E-state index >= 15 is 0 Å². The Morgan fingerprint density at radius 1 is 1.39 bits per heavy atom. The van der Waals surface area contributed by atoms with E-state index in [1.54, 1.807) is 0 Å². The first-order valence-corrected chi connectivity index (χ1v) is 8.44. The molecule has 4 heteroatoms. The minimum atomic E-state index is 0.274. The number of carbonyl (C=O) groups is 1. The summed E-state index contributed by atoms with van der Waals surface area (Å²) in [5.41, 5.74) is 0. The fraction of sp³-hybridized carbons (Fsp3) is 0.929. The number of piperidine rings is 1. The zero-order chi connectivity index (χ0) is 12.8. The van der Waals surface area contributed by atoms with Gasteiger partial charge in [0, 0.05) is 17.7 Å². The molecular formula is C14H26N2OS. The minimum Gasteiger partial charge on any atom is -0.353 e. The molecule has 1 amide bonds. The fourth-order valence-corrected chi connectivity index (χ4v) is 4.25. The highest BCUT2D eigenvalue weighted by Crippen LogP contribution is 2.29. The third-order valence-electron chi connectivity index (χ3n) is 4.03. The molecule has 0 aromatic carbocycles. The van der Waals surface area contributed by atoms with Gasteiger partial charge in [0.15, 0.2) is 0 Å². The van der Waals surface area contributed by atoms with Crippen LogP contribution >= 0.6 is 11.8 Å². The third kappa shape index (κ3) is 4.47. The summed E-state index contributed by atoms with van der Waals surface area (Å²) >= 11 is 2.04. The Hall–Kier alpha value is -0.220. The van der Waals surface area contributed by atoms with E-state index in [4.69, 9.17) is 0 Å². The number of amides is 1. The molecule has 0 bridgehead atoms. The van der Waals surface area contributed by atoms with Crippen LogP contribution in [0.4, 0.5) is 0 Å². The Labute approximate surface area is 115 Å². The summed E-state index contributed by atoms with van der Waals surface area (Å²) in [6, 6.07) is 0.443. The van der Waals surface area contributed by atoms with Gasteiger partial charge in [-0.1, -0.05) is 6.92 Å². The molecule has 3 nitrogen and oxygen atoms in total. The monoisotopic (exact) mass is 270 g/mol. The van der Waals surface area contributed by atoms with Crippen LogP contribution < -0.4 is 10.6 Å². The maximum absolute atomic E-state index is 12.0. The van der Waals surface area contributed by atoms with Crippen molar-refractivity contribution >= 4 is 17.7 Å². The summed E-state index contributed by atoms with van der Waals surface area (Å²) < 4.78 is 0. The van der Waals surface area contributed by atoms with E-state index in [0.717, 1.165) is 24.8 Å². The molecule has 0 radical (unpaired) electrons. The summed E-state index contributed by atoms with van der Waals surface area (Å²) in [5.74, 6) is 2.02. The number of carbonyl (C=O) groups excluding carboxylic acids is 1. The zero-order valence-electron chi connectivity index (χ0n) is 11.4. The van der Waals surface area contributed by atoms with Gasteiger partial charge in [-0.05, 0) is 56.9 Å². The molecular weight excluding hydrogens is 244 g/mol. The van der Waals surface area contributed by atoms with Crippen molar-refractivity contribution < 1.29 is 4.79 Å². The molecule has 1 heterocycles. The summed E-state index contributed by atoms with van der Waals surface area (Å²) in [5, 5.41) is 7.38. The average molecular weight is 270 g/mol. The average Bonchev–Trinajstić information content (AvgIpc) is 2.78. The van der Waals surface area contributed by atoms with Crippen molar-refractivity contribution in [2.24, 2.45) is 5.92 Å². The van der Waals surface area contributed by atoms with Gasteiger partial charge in [-0.25, -0.2) is 0 Å². The largest absolute Gasteiger partial charge is 0.353 e. The second kappa shape index (κ2) is 7.39. The van der Waals surface area contributed by atoms with Crippen LogP contribution in [0, 0.1) is 5.92 Å². The highest BCUT2D eigenvalue weighted by molar-refractivity contribution is 7.99. The van der Waals surface area contributed by atoms with Gasteiger partial charge in [0.2, 0.25) is 5.91 Å². The molecule has 3 atom stereocenters. The standard InChI is InChI=1S/C14H26N2OS/c1-2-18-13-6-5-12(9-13)16-14(17)8-11-4-3-7-15-10-11/h11-13,15H,2-10H2,1H3,(H,16,17). The van der Waals surface area contributed by atoms with Crippen LogP contribution in [0.1, 0.15) is 45.4 Å². The molecule has 2 rings (SSSR count). The zero-order valence-corrected chi connectivity index (χ0v) is 12.2. The summed E-state index contributed by atoms with van der Waals surface area (Å²) in [4.78, 5) is 12.0. The SMILES string of the molecule is CCSC1CCC(NC(=O)CC2CCCNC2)C1. The van der Waals surface area contributed by atoms with Gasteiger partial charge in [0.1, 0.15) is 0 Å². The Balaban J connectivity index is 1.65. The van der Waals surface area contributed by atoms with Crippen LogP contribution in [-0.4, -0.2) is 36.0 Å². The Morgan fingerprint density at radius 2 is 2.28 bits per heavy atom. The molecule has 18 heavy (non-hydrogen) atoms. The maximum Gasteiger partial charge on any atom is 0.220 e. The number of thioether (sulfide) groups is 1. The first-order valence-electron chi connectivity index (χ1n) is 7.39. The van der Waals surface area contributed by atoms with Crippen LogP contribution in [-0.2, 0) is 4.79 Å². The highest BCUT2D eigenvalue weighted by atomic mass is 32.2. The Bertz CT molecular complexity index is 267. The first-order chi connectivity index (χ1) is 8.78. The predicted octanol–water partition coefficient (Wildman–Crippen LogP) is 2.17. The van der Waals surface area contributed by atoms with E-state index in [1.165, 1.54) is 37.9 Å². The van der Waals surface area contributed by atoms with Crippen molar-refractivity contribution in [3.8, 4) is 0 Å². The lowest BCUT2D eigenvalue weighted by Crippen LogP contribution is -2.37. The molecule has 0 spiro atoms. The number of nitrogens with one attached hydrogen (secondary N) is 2.